The second-order valence-electron chi connectivity index (χ2n) is 16.9. The van der Waals surface area contributed by atoms with Crippen LogP contribution < -0.4 is 15.6 Å². The Bertz CT molecular complexity index is 2100. The summed E-state index contributed by atoms with van der Waals surface area (Å²) < 4.78 is 14.1. The molecule has 56 heavy (non-hydrogen) atoms. The Kier molecular flexibility index (Phi) is 10.9. The fourth-order valence-corrected chi connectivity index (χ4v) is 9.23. The molecule has 3 aromatic heterocycles. The SMILES string of the molecule is COCCn1c(-c2cncc(N3CCN(C)CC3)c2)c2c3cc(ccc31)-c1csc(n1)C[C@H](NC(=O)[C@H]1C[C@@H]1C)C(=O)N1CCC[C@H](N1)C(=O)OCC(C)(C)C2. The Labute approximate surface area is 332 Å². The Hall–Kier alpha value is -4.37. The first-order chi connectivity index (χ1) is 27.0. The number of thiazole rings is 1. The molecular formula is C42H54N8O5S. The average molecular weight is 783 g/mol. The van der Waals surface area contributed by atoms with E-state index in [1.165, 1.54) is 16.3 Å². The Morgan fingerprint density at radius 1 is 1.11 bits per heavy atom. The van der Waals surface area contributed by atoms with Gasteiger partial charge in [-0.3, -0.25) is 24.4 Å². The third kappa shape index (κ3) is 8.07. The summed E-state index contributed by atoms with van der Waals surface area (Å²) in [6, 6.07) is 7.26. The number of hydrazine groups is 1. The van der Waals surface area contributed by atoms with Crippen LogP contribution in [0, 0.1) is 17.3 Å². The first-order valence-electron chi connectivity index (χ1n) is 20.0. The lowest BCUT2D eigenvalue weighted by Gasteiger charge is -2.35. The molecule has 8 rings (SSSR count). The molecule has 2 saturated heterocycles. The maximum atomic E-state index is 14.1. The smallest absolute Gasteiger partial charge is 0.324 e. The maximum absolute atomic E-state index is 14.1. The Morgan fingerprint density at radius 3 is 2.68 bits per heavy atom. The van der Waals surface area contributed by atoms with E-state index in [2.05, 4.69) is 70.3 Å². The summed E-state index contributed by atoms with van der Waals surface area (Å²) in [5, 5.41) is 8.43. The van der Waals surface area contributed by atoms with Gasteiger partial charge >= 0.3 is 5.97 Å². The van der Waals surface area contributed by atoms with Crippen molar-refractivity contribution >= 4 is 45.7 Å². The van der Waals surface area contributed by atoms with E-state index in [0.29, 0.717) is 44.9 Å². The van der Waals surface area contributed by atoms with Gasteiger partial charge < -0.3 is 29.2 Å². The minimum absolute atomic E-state index is 0.0878. The van der Waals surface area contributed by atoms with Gasteiger partial charge in [-0.1, -0.05) is 26.8 Å². The number of hydrogen-bond donors (Lipinski definition) is 2. The van der Waals surface area contributed by atoms with Gasteiger partial charge in [-0.25, -0.2) is 10.4 Å². The van der Waals surface area contributed by atoms with Gasteiger partial charge in [0.05, 0.1) is 41.5 Å². The predicted molar refractivity (Wildman–Crippen MR) is 217 cm³/mol. The lowest BCUT2D eigenvalue weighted by atomic mass is 9.84. The van der Waals surface area contributed by atoms with Crippen LogP contribution in [-0.4, -0.2) is 114 Å². The van der Waals surface area contributed by atoms with E-state index < -0.39 is 17.5 Å². The van der Waals surface area contributed by atoms with Gasteiger partial charge in [-0.05, 0) is 62.4 Å². The number of cyclic esters (lactones) is 1. The summed E-state index contributed by atoms with van der Waals surface area (Å²) in [6.07, 6.45) is 6.80. The van der Waals surface area contributed by atoms with Crippen LogP contribution in [0.15, 0.2) is 42.0 Å². The number of amides is 2. The maximum Gasteiger partial charge on any atom is 0.324 e. The lowest BCUT2D eigenvalue weighted by molar-refractivity contribution is -0.155. The highest BCUT2D eigenvalue weighted by Gasteiger charge is 2.42. The van der Waals surface area contributed by atoms with Crippen LogP contribution in [0.25, 0.3) is 33.4 Å². The fraction of sp³-hybridized carbons (Fsp3) is 0.548. The molecule has 2 amide bonds. The number of ether oxygens (including phenoxy) is 2. The van der Waals surface area contributed by atoms with Crippen molar-refractivity contribution in [2.75, 3.05) is 65.0 Å². The second kappa shape index (κ2) is 15.9. The molecule has 1 saturated carbocycles. The molecule has 3 fully saturated rings. The second-order valence-corrected chi connectivity index (χ2v) is 17.8. The molecule has 1 aromatic carbocycles. The predicted octanol–water partition coefficient (Wildman–Crippen LogP) is 4.53. The standard InChI is InChI=1S/C42H54N8O5S/c1-26-17-30(26)39(51)45-34-20-37-44-35(24-56-37)27-8-9-36-31(19-27)32(21-42(2,3)25-55-41(53)33-7-6-10-50(46-33)40(34)52)38(49(36)15-16-54-5)28-18-29(23-43-22-28)48-13-11-47(4)12-14-48/h8-9,18-19,22-24,26,30,33-34,46H,6-7,10-17,20-21,25H2,1-5H3,(H,45,51)/t26-,30-,33-,34-/m0/s1. The molecule has 298 valence electrons. The summed E-state index contributed by atoms with van der Waals surface area (Å²) in [6.45, 7) is 12.0. The molecule has 2 N–H and O–H groups in total. The third-order valence-corrected chi connectivity index (χ3v) is 12.7. The van der Waals surface area contributed by atoms with Gasteiger partial charge in [-0.15, -0.1) is 11.3 Å². The minimum Gasteiger partial charge on any atom is -0.464 e. The molecule has 4 atom stereocenters. The molecule has 4 aliphatic rings. The van der Waals surface area contributed by atoms with Crippen molar-refractivity contribution in [3.05, 3.63) is 52.6 Å². The molecule has 0 radical (unpaired) electrons. The molecular weight excluding hydrogens is 729 g/mol. The van der Waals surface area contributed by atoms with E-state index in [1.54, 1.807) is 7.11 Å². The van der Waals surface area contributed by atoms with E-state index in [0.717, 1.165) is 82.3 Å². The lowest BCUT2D eigenvalue weighted by Crippen LogP contribution is -2.60. The number of piperazine rings is 1. The van der Waals surface area contributed by atoms with Gasteiger partial charge in [0.15, 0.2) is 0 Å². The average Bonchev–Trinajstić information content (AvgIpc) is 3.62. The number of aromatic nitrogens is 3. The van der Waals surface area contributed by atoms with Crippen molar-refractivity contribution < 1.29 is 23.9 Å². The normalized spacial score (nSPS) is 24.5. The fourth-order valence-electron chi connectivity index (χ4n) is 8.38. The number of benzene rings is 1. The van der Waals surface area contributed by atoms with Gasteiger partial charge in [-0.2, -0.15) is 0 Å². The molecule has 6 heterocycles. The first-order valence-corrected chi connectivity index (χ1v) is 20.9. The zero-order valence-corrected chi connectivity index (χ0v) is 34.0. The number of pyridine rings is 1. The largest absolute Gasteiger partial charge is 0.464 e. The number of fused-ring (bicyclic) bond motifs is 6. The highest BCUT2D eigenvalue weighted by molar-refractivity contribution is 7.10. The van der Waals surface area contributed by atoms with Crippen molar-refractivity contribution in [3.8, 4) is 22.5 Å². The number of hydrogen-bond acceptors (Lipinski definition) is 11. The van der Waals surface area contributed by atoms with E-state index in [4.69, 9.17) is 19.4 Å². The van der Waals surface area contributed by atoms with Gasteiger partial charge in [0, 0.05) is 97.7 Å². The van der Waals surface area contributed by atoms with Gasteiger partial charge in [0.2, 0.25) is 5.91 Å². The van der Waals surface area contributed by atoms with E-state index in [-0.39, 0.29) is 36.7 Å². The molecule has 6 bridgehead atoms. The molecule has 13 nitrogen and oxygen atoms in total. The van der Waals surface area contributed by atoms with Gasteiger partial charge in [0.1, 0.15) is 12.1 Å². The van der Waals surface area contributed by atoms with Crippen LogP contribution in [0.3, 0.4) is 0 Å². The van der Waals surface area contributed by atoms with Crippen LogP contribution in [0.5, 0.6) is 0 Å². The Balaban J connectivity index is 1.23. The number of rotatable bonds is 7. The number of anilines is 1. The number of methoxy groups -OCH3 is 1. The summed E-state index contributed by atoms with van der Waals surface area (Å²) in [4.78, 5) is 55.6. The monoisotopic (exact) mass is 782 g/mol. The Morgan fingerprint density at radius 2 is 1.91 bits per heavy atom. The summed E-state index contributed by atoms with van der Waals surface area (Å²) in [5.74, 6) is -0.558. The highest BCUT2D eigenvalue weighted by atomic mass is 32.1. The van der Waals surface area contributed by atoms with E-state index >= 15 is 0 Å². The van der Waals surface area contributed by atoms with Crippen LogP contribution in [-0.2, 0) is 43.2 Å². The molecule has 14 heteroatoms. The van der Waals surface area contributed by atoms with Crippen LogP contribution in [0.1, 0.15) is 50.6 Å². The number of carbonyl (C=O) groups excluding carboxylic acids is 3. The quantitative estimate of drug-likeness (QED) is 0.258. The molecule has 1 aliphatic carbocycles. The van der Waals surface area contributed by atoms with Crippen molar-refractivity contribution in [3.63, 3.8) is 0 Å². The van der Waals surface area contributed by atoms with Gasteiger partial charge in [0.25, 0.3) is 5.91 Å². The van der Waals surface area contributed by atoms with Crippen molar-refractivity contribution in [1.82, 2.24) is 35.2 Å². The zero-order valence-electron chi connectivity index (χ0n) is 33.2. The van der Waals surface area contributed by atoms with Crippen molar-refractivity contribution in [2.45, 2.75) is 71.5 Å². The van der Waals surface area contributed by atoms with Crippen molar-refractivity contribution in [1.29, 1.82) is 0 Å². The zero-order chi connectivity index (χ0) is 39.1. The topological polar surface area (TPSA) is 134 Å². The summed E-state index contributed by atoms with van der Waals surface area (Å²) >= 11 is 1.49. The number of nitrogens with zero attached hydrogens (tertiary/aromatic N) is 6. The number of nitrogens with one attached hydrogen (secondary N) is 2. The van der Waals surface area contributed by atoms with E-state index in [9.17, 15) is 14.4 Å². The summed E-state index contributed by atoms with van der Waals surface area (Å²) in [7, 11) is 3.89. The molecule has 0 spiro atoms. The highest BCUT2D eigenvalue weighted by Crippen LogP contribution is 2.41. The molecule has 4 aromatic rings. The number of likely N-dealkylation sites (N-methyl/N-ethyl adjacent to an activating group) is 1. The minimum atomic E-state index is -0.823. The van der Waals surface area contributed by atoms with Crippen molar-refractivity contribution in [2.24, 2.45) is 17.3 Å². The molecule has 3 aliphatic heterocycles. The van der Waals surface area contributed by atoms with E-state index in [1.807, 2.05) is 24.7 Å². The van der Waals surface area contributed by atoms with Crippen LogP contribution >= 0.6 is 11.3 Å². The van der Waals surface area contributed by atoms with Crippen LogP contribution in [0.2, 0.25) is 0 Å². The first kappa shape index (κ1) is 38.5. The number of esters is 1. The number of carbonyl (C=O) groups is 3. The third-order valence-electron chi connectivity index (χ3n) is 11.8. The summed E-state index contributed by atoms with van der Waals surface area (Å²) in [5.41, 5.74) is 9.93. The van der Waals surface area contributed by atoms with Crippen LogP contribution in [0.4, 0.5) is 5.69 Å². The molecule has 0 unspecified atom stereocenters.